The fraction of sp³-hybridized carbons (Fsp3) is 0.286. The van der Waals surface area contributed by atoms with Gasteiger partial charge in [-0.25, -0.2) is 0 Å². The first-order chi connectivity index (χ1) is 14.4. The van der Waals surface area contributed by atoms with Gasteiger partial charge in [-0.05, 0) is 48.2 Å². The van der Waals surface area contributed by atoms with E-state index < -0.39 is 0 Å². The van der Waals surface area contributed by atoms with Gasteiger partial charge in [0.05, 0.1) is 17.9 Å². The molecule has 0 saturated carbocycles. The van der Waals surface area contributed by atoms with E-state index in [0.29, 0.717) is 24.4 Å². The molecule has 0 saturated heterocycles. The van der Waals surface area contributed by atoms with Gasteiger partial charge in [0.2, 0.25) is 5.91 Å². The quantitative estimate of drug-likeness (QED) is 0.451. The summed E-state index contributed by atoms with van der Waals surface area (Å²) in [4.78, 5) is 39.4. The lowest BCUT2D eigenvalue weighted by Gasteiger charge is -2.11. The highest BCUT2D eigenvalue weighted by Gasteiger charge is 2.13. The number of carbonyl (C=O) groups is 3. The average Bonchev–Trinajstić information content (AvgIpc) is 2.74. The van der Waals surface area contributed by atoms with Crippen molar-refractivity contribution in [2.24, 2.45) is 0 Å². The summed E-state index contributed by atoms with van der Waals surface area (Å²) in [7, 11) is 4.97. The lowest BCUT2D eigenvalue weighted by molar-refractivity contribution is -0.118. The van der Waals surface area contributed by atoms with Crippen LogP contribution in [0, 0.1) is 0 Å². The molecule has 0 fully saturated rings. The minimum Gasteiger partial charge on any atom is -0.383 e. The molecule has 3 amide bonds. The summed E-state index contributed by atoms with van der Waals surface area (Å²) in [6, 6.07) is 14.2. The van der Waals surface area contributed by atoms with E-state index in [1.54, 1.807) is 57.6 Å². The van der Waals surface area contributed by atoms with Crippen molar-refractivity contribution in [3.05, 3.63) is 54.1 Å². The number of hydrogen-bond donors (Lipinski definition) is 2. The van der Waals surface area contributed by atoms with Gasteiger partial charge in [-0.1, -0.05) is 12.1 Å². The van der Waals surface area contributed by atoms with Crippen molar-refractivity contribution in [2.45, 2.75) is 9.79 Å². The molecule has 0 radical (unpaired) electrons. The fourth-order valence-corrected chi connectivity index (χ4v) is 3.80. The van der Waals surface area contributed by atoms with E-state index in [2.05, 4.69) is 10.6 Å². The molecule has 0 unspecified atom stereocenters. The van der Waals surface area contributed by atoms with Crippen LogP contribution in [-0.2, 0) is 9.53 Å². The maximum absolute atomic E-state index is 12.7. The fourth-order valence-electron chi connectivity index (χ4n) is 2.26. The van der Waals surface area contributed by atoms with Crippen LogP contribution in [0.1, 0.15) is 10.4 Å². The van der Waals surface area contributed by atoms with Gasteiger partial charge in [-0.2, -0.15) is 0 Å². The van der Waals surface area contributed by atoms with Crippen molar-refractivity contribution in [2.75, 3.05) is 45.4 Å². The van der Waals surface area contributed by atoms with Crippen LogP contribution in [0.4, 0.5) is 10.5 Å². The van der Waals surface area contributed by atoms with E-state index >= 15 is 0 Å². The normalized spacial score (nSPS) is 10.4. The molecule has 7 nitrogen and oxygen atoms in total. The zero-order valence-corrected chi connectivity index (χ0v) is 18.8. The molecule has 0 heterocycles. The number of methoxy groups -OCH3 is 1. The van der Waals surface area contributed by atoms with E-state index in [-0.39, 0.29) is 22.8 Å². The summed E-state index contributed by atoms with van der Waals surface area (Å²) in [6.45, 7) is 0.905. The van der Waals surface area contributed by atoms with Crippen LogP contribution in [0.5, 0.6) is 0 Å². The van der Waals surface area contributed by atoms with Crippen LogP contribution in [0.3, 0.4) is 0 Å². The van der Waals surface area contributed by atoms with Gasteiger partial charge in [0.25, 0.3) is 11.1 Å². The number of anilines is 1. The standard InChI is InChI=1S/C21H25N3O4S2/c1-24(2)21(27)30-16-10-8-15(9-11-16)23-20(26)17-6-4-5-7-18(17)29-14-19(25)22-12-13-28-3/h4-11H,12-14H2,1-3H3,(H,22,25)(H,23,26). The zero-order chi connectivity index (χ0) is 21.9. The average molecular weight is 448 g/mol. The summed E-state index contributed by atoms with van der Waals surface area (Å²) >= 11 is 2.42. The molecule has 2 aromatic rings. The molecule has 0 bridgehead atoms. The molecule has 0 aliphatic rings. The monoisotopic (exact) mass is 447 g/mol. The summed E-state index contributed by atoms with van der Waals surface area (Å²) in [6.07, 6.45) is 0. The predicted octanol–water partition coefficient (Wildman–Crippen LogP) is 3.57. The van der Waals surface area contributed by atoms with Gasteiger partial charge < -0.3 is 20.3 Å². The first kappa shape index (κ1) is 23.8. The maximum Gasteiger partial charge on any atom is 0.285 e. The molecule has 160 valence electrons. The van der Waals surface area contributed by atoms with Gasteiger partial charge in [0.1, 0.15) is 0 Å². The van der Waals surface area contributed by atoms with Crippen LogP contribution in [0.25, 0.3) is 0 Å². The number of nitrogens with zero attached hydrogens (tertiary/aromatic N) is 1. The zero-order valence-electron chi connectivity index (χ0n) is 17.1. The number of ether oxygens (including phenoxy) is 1. The number of carbonyl (C=O) groups excluding carboxylic acids is 3. The topological polar surface area (TPSA) is 87.7 Å². The Morgan fingerprint density at radius 2 is 1.73 bits per heavy atom. The summed E-state index contributed by atoms with van der Waals surface area (Å²) in [5.74, 6) is -0.171. The van der Waals surface area contributed by atoms with Gasteiger partial charge in [-0.3, -0.25) is 14.4 Å². The minimum absolute atomic E-state index is 0.0657. The van der Waals surface area contributed by atoms with Crippen molar-refractivity contribution in [1.82, 2.24) is 10.2 Å². The summed E-state index contributed by atoms with van der Waals surface area (Å²) in [5, 5.41) is 5.55. The number of thioether (sulfide) groups is 2. The smallest absolute Gasteiger partial charge is 0.285 e. The number of hydrogen-bond acceptors (Lipinski definition) is 6. The van der Waals surface area contributed by atoms with Crippen molar-refractivity contribution in [3.63, 3.8) is 0 Å². The maximum atomic E-state index is 12.7. The van der Waals surface area contributed by atoms with Crippen molar-refractivity contribution < 1.29 is 19.1 Å². The second-order valence-electron chi connectivity index (χ2n) is 6.37. The molecule has 0 atom stereocenters. The van der Waals surface area contributed by atoms with Crippen LogP contribution in [0.2, 0.25) is 0 Å². The molecule has 2 rings (SSSR count). The third-order valence-corrected chi connectivity index (χ3v) is 5.92. The SMILES string of the molecule is COCCNC(=O)CSc1ccccc1C(=O)Nc1ccc(SC(=O)N(C)C)cc1. The molecule has 0 aliphatic carbocycles. The van der Waals surface area contributed by atoms with Crippen molar-refractivity contribution in [3.8, 4) is 0 Å². The van der Waals surface area contributed by atoms with Gasteiger partial charge >= 0.3 is 0 Å². The van der Waals surface area contributed by atoms with E-state index in [4.69, 9.17) is 4.74 Å². The van der Waals surface area contributed by atoms with E-state index in [1.807, 2.05) is 12.1 Å². The Balaban J connectivity index is 1.97. The Morgan fingerprint density at radius 1 is 1.03 bits per heavy atom. The Bertz CT molecular complexity index is 873. The highest BCUT2D eigenvalue weighted by Crippen LogP contribution is 2.25. The highest BCUT2D eigenvalue weighted by molar-refractivity contribution is 8.13. The number of amides is 3. The van der Waals surface area contributed by atoms with Gasteiger partial charge in [0, 0.05) is 43.2 Å². The Hall–Kier alpha value is -2.49. The minimum atomic E-state index is -0.261. The van der Waals surface area contributed by atoms with Crippen LogP contribution in [-0.4, -0.2) is 62.1 Å². The first-order valence-corrected chi connectivity index (χ1v) is 11.0. The number of rotatable bonds is 9. The lowest BCUT2D eigenvalue weighted by atomic mass is 10.2. The van der Waals surface area contributed by atoms with Crippen LogP contribution >= 0.6 is 23.5 Å². The molecule has 0 spiro atoms. The molecule has 0 aromatic heterocycles. The molecular formula is C21H25N3O4S2. The van der Waals surface area contributed by atoms with Gasteiger partial charge in [-0.15, -0.1) is 11.8 Å². The van der Waals surface area contributed by atoms with Crippen LogP contribution in [0.15, 0.2) is 58.3 Å². The molecule has 2 N–H and O–H groups in total. The molecule has 9 heteroatoms. The molecule has 30 heavy (non-hydrogen) atoms. The van der Waals surface area contributed by atoms with E-state index in [0.717, 1.165) is 21.6 Å². The Kier molecular flexibility index (Phi) is 9.72. The second kappa shape index (κ2) is 12.3. The largest absolute Gasteiger partial charge is 0.383 e. The number of nitrogens with one attached hydrogen (secondary N) is 2. The van der Waals surface area contributed by atoms with Crippen molar-refractivity contribution in [1.29, 1.82) is 0 Å². The Labute approximate surface area is 184 Å². The van der Waals surface area contributed by atoms with Crippen molar-refractivity contribution >= 4 is 46.3 Å². The van der Waals surface area contributed by atoms with E-state index in [1.165, 1.54) is 16.7 Å². The van der Waals surface area contributed by atoms with Gasteiger partial charge in [0.15, 0.2) is 0 Å². The summed E-state index contributed by atoms with van der Waals surface area (Å²) < 4.78 is 4.90. The summed E-state index contributed by atoms with van der Waals surface area (Å²) in [5.41, 5.74) is 1.12. The molecule has 2 aromatic carbocycles. The highest BCUT2D eigenvalue weighted by atomic mass is 32.2. The predicted molar refractivity (Wildman–Crippen MR) is 121 cm³/mol. The molecular weight excluding hydrogens is 422 g/mol. The van der Waals surface area contributed by atoms with E-state index in [9.17, 15) is 14.4 Å². The lowest BCUT2D eigenvalue weighted by Crippen LogP contribution is -2.28. The molecule has 0 aliphatic heterocycles. The van der Waals surface area contributed by atoms with Crippen LogP contribution < -0.4 is 10.6 Å². The Morgan fingerprint density at radius 3 is 2.40 bits per heavy atom. The second-order valence-corrected chi connectivity index (χ2v) is 8.41. The number of benzene rings is 2. The third-order valence-electron chi connectivity index (χ3n) is 3.80. The first-order valence-electron chi connectivity index (χ1n) is 9.18. The third kappa shape index (κ3) is 7.74.